The summed E-state index contributed by atoms with van der Waals surface area (Å²) in [5.74, 6) is 0. The van der Waals surface area contributed by atoms with Crippen LogP contribution < -0.4 is 4.90 Å². The first-order valence-electron chi connectivity index (χ1n) is 22.6. The van der Waals surface area contributed by atoms with E-state index in [1.807, 2.05) is 11.3 Å². The number of hydrogen-bond acceptors (Lipinski definition) is 2. The van der Waals surface area contributed by atoms with Gasteiger partial charge in [0, 0.05) is 42.5 Å². The average molecular weight is 846 g/mol. The van der Waals surface area contributed by atoms with Crippen molar-refractivity contribution < 1.29 is 0 Å². The topological polar surface area (TPSA) is 3.24 Å². The number of benzene rings is 10. The van der Waals surface area contributed by atoms with E-state index in [0.29, 0.717) is 0 Å². The molecule has 0 radical (unpaired) electrons. The predicted octanol–water partition coefficient (Wildman–Crippen LogP) is 16.9. The smallest absolute Gasteiger partial charge is 0.0714 e. The standard InChI is InChI=1S/C63H43NS/c1-62(43-21-5-2-6-22-43)53-32-14-12-29-51(53)61-55(62)34-19-35-57(61)64(46-27-17-20-42(40-46)48-31-18-37-59-60(48)52-30-13-16-36-58(52)65-59)47-38-39-50-49-28-11-15-33-54(49)63(56(50)41-47,44-23-7-3-8-24-44)45-25-9-4-10-26-45/h2-41H,1H3. The van der Waals surface area contributed by atoms with E-state index in [4.69, 9.17) is 0 Å². The molecule has 2 aliphatic rings. The van der Waals surface area contributed by atoms with Crippen LogP contribution in [-0.4, -0.2) is 0 Å². The minimum absolute atomic E-state index is 0.346. The van der Waals surface area contributed by atoms with Crippen molar-refractivity contribution in [3.63, 3.8) is 0 Å². The van der Waals surface area contributed by atoms with Crippen molar-refractivity contribution in [2.75, 3.05) is 4.90 Å². The molecule has 0 amide bonds. The van der Waals surface area contributed by atoms with Gasteiger partial charge in [0.2, 0.25) is 0 Å². The van der Waals surface area contributed by atoms with E-state index >= 15 is 0 Å². The number of hydrogen-bond donors (Lipinski definition) is 0. The highest BCUT2D eigenvalue weighted by Crippen LogP contribution is 2.60. The van der Waals surface area contributed by atoms with Gasteiger partial charge in [0.1, 0.15) is 0 Å². The molecular formula is C63H43NS. The maximum atomic E-state index is 2.55. The summed E-state index contributed by atoms with van der Waals surface area (Å²) >= 11 is 1.87. The third-order valence-corrected chi connectivity index (χ3v) is 15.6. The number of nitrogens with zero attached hydrogens (tertiary/aromatic N) is 1. The molecule has 0 aliphatic heterocycles. The lowest BCUT2D eigenvalue weighted by Gasteiger charge is -2.35. The molecule has 1 heterocycles. The van der Waals surface area contributed by atoms with Gasteiger partial charge in [-0.1, -0.05) is 200 Å². The summed E-state index contributed by atoms with van der Waals surface area (Å²) in [6.45, 7) is 2.41. The van der Waals surface area contributed by atoms with Crippen molar-refractivity contribution in [3.8, 4) is 33.4 Å². The number of fused-ring (bicyclic) bond motifs is 9. The summed E-state index contributed by atoms with van der Waals surface area (Å²) in [6, 6.07) is 90.5. The molecule has 0 bridgehead atoms. The number of anilines is 3. The van der Waals surface area contributed by atoms with Crippen molar-refractivity contribution in [1.82, 2.24) is 0 Å². The molecule has 13 rings (SSSR count). The molecule has 1 nitrogen and oxygen atoms in total. The van der Waals surface area contributed by atoms with Crippen LogP contribution in [0.15, 0.2) is 243 Å². The Morgan fingerprint density at radius 3 is 1.69 bits per heavy atom. The van der Waals surface area contributed by atoms with Crippen molar-refractivity contribution in [1.29, 1.82) is 0 Å². The summed E-state index contributed by atoms with van der Waals surface area (Å²) < 4.78 is 2.62. The SMILES string of the molecule is CC1(c2ccccc2)c2ccccc2-c2c(N(c3cccc(-c4cccc5sc6ccccc6c45)c3)c3ccc4c(c3)C(c3ccccc3)(c3ccccc3)c3ccccc3-4)cccc21. The van der Waals surface area contributed by atoms with Crippen LogP contribution in [0.2, 0.25) is 0 Å². The van der Waals surface area contributed by atoms with Crippen LogP contribution in [0.3, 0.4) is 0 Å². The Hall–Kier alpha value is -7.78. The first-order chi connectivity index (χ1) is 32.1. The predicted molar refractivity (Wildman–Crippen MR) is 274 cm³/mol. The molecule has 0 N–H and O–H groups in total. The lowest BCUT2D eigenvalue weighted by atomic mass is 9.67. The third-order valence-electron chi connectivity index (χ3n) is 14.4. The zero-order chi connectivity index (χ0) is 43.1. The normalized spacial score (nSPS) is 15.3. The Morgan fingerprint density at radius 1 is 0.369 bits per heavy atom. The summed E-state index contributed by atoms with van der Waals surface area (Å²) in [4.78, 5) is 2.55. The fourth-order valence-electron chi connectivity index (χ4n) is 11.6. The van der Waals surface area contributed by atoms with E-state index in [1.165, 1.54) is 92.5 Å². The quantitative estimate of drug-likeness (QED) is 0.154. The lowest BCUT2D eigenvalue weighted by Crippen LogP contribution is -2.28. The van der Waals surface area contributed by atoms with E-state index in [0.717, 1.165) is 17.1 Å². The Balaban J connectivity index is 1.10. The van der Waals surface area contributed by atoms with Crippen molar-refractivity contribution in [2.24, 2.45) is 0 Å². The molecule has 0 fully saturated rings. The second-order valence-corrected chi connectivity index (χ2v) is 18.7. The van der Waals surface area contributed by atoms with Crippen LogP contribution in [0.5, 0.6) is 0 Å². The zero-order valence-electron chi connectivity index (χ0n) is 35.9. The molecule has 0 saturated carbocycles. The van der Waals surface area contributed by atoms with E-state index in [2.05, 4.69) is 254 Å². The van der Waals surface area contributed by atoms with Crippen LogP contribution in [0.4, 0.5) is 17.1 Å². The average Bonchev–Trinajstić information content (AvgIpc) is 4.00. The summed E-state index contributed by atoms with van der Waals surface area (Å²) in [6.07, 6.45) is 0. The Labute approximate surface area is 384 Å². The summed E-state index contributed by atoms with van der Waals surface area (Å²) in [7, 11) is 0. The molecule has 0 saturated heterocycles. The van der Waals surface area contributed by atoms with Gasteiger partial charge in [-0.25, -0.2) is 0 Å². The lowest BCUT2D eigenvalue weighted by molar-refractivity contribution is 0.714. The molecule has 1 unspecified atom stereocenters. The molecule has 2 aliphatic carbocycles. The Bertz CT molecular complexity index is 3580. The first kappa shape index (κ1) is 37.7. The van der Waals surface area contributed by atoms with Gasteiger partial charge < -0.3 is 4.90 Å². The Kier molecular flexibility index (Phi) is 8.50. The highest BCUT2D eigenvalue weighted by atomic mass is 32.1. The third kappa shape index (κ3) is 5.45. The van der Waals surface area contributed by atoms with Crippen molar-refractivity contribution in [3.05, 3.63) is 282 Å². The van der Waals surface area contributed by atoms with E-state index < -0.39 is 5.41 Å². The van der Waals surface area contributed by atoms with Gasteiger partial charge in [-0.05, 0) is 116 Å². The fraction of sp³-hybridized carbons (Fsp3) is 0.0476. The van der Waals surface area contributed by atoms with Crippen LogP contribution in [0.1, 0.15) is 45.9 Å². The molecule has 65 heavy (non-hydrogen) atoms. The van der Waals surface area contributed by atoms with E-state index in [9.17, 15) is 0 Å². The summed E-state index contributed by atoms with van der Waals surface area (Å²) in [5.41, 5.74) is 19.1. The largest absolute Gasteiger partial charge is 0.310 e. The maximum absolute atomic E-state index is 2.55. The second-order valence-electron chi connectivity index (χ2n) is 17.7. The Morgan fingerprint density at radius 2 is 0.923 bits per heavy atom. The van der Waals surface area contributed by atoms with Crippen molar-refractivity contribution >= 4 is 48.6 Å². The van der Waals surface area contributed by atoms with Crippen LogP contribution in [0.25, 0.3) is 53.6 Å². The van der Waals surface area contributed by atoms with Gasteiger partial charge in [-0.15, -0.1) is 11.3 Å². The van der Waals surface area contributed by atoms with Gasteiger partial charge in [0.05, 0.1) is 11.1 Å². The highest BCUT2D eigenvalue weighted by Gasteiger charge is 2.47. The molecule has 1 atom stereocenters. The van der Waals surface area contributed by atoms with E-state index in [-0.39, 0.29) is 5.41 Å². The number of thiophene rings is 1. The highest BCUT2D eigenvalue weighted by molar-refractivity contribution is 7.25. The van der Waals surface area contributed by atoms with Crippen LogP contribution in [0, 0.1) is 0 Å². The maximum Gasteiger partial charge on any atom is 0.0714 e. The van der Waals surface area contributed by atoms with Gasteiger partial charge in [0.25, 0.3) is 0 Å². The molecule has 1 aromatic heterocycles. The van der Waals surface area contributed by atoms with Gasteiger partial charge in [0.15, 0.2) is 0 Å². The molecule has 306 valence electrons. The van der Waals surface area contributed by atoms with E-state index in [1.54, 1.807) is 0 Å². The second kappa shape index (κ2) is 14.6. The zero-order valence-corrected chi connectivity index (χ0v) is 36.8. The minimum atomic E-state index is -0.537. The monoisotopic (exact) mass is 845 g/mol. The fourth-order valence-corrected chi connectivity index (χ4v) is 12.7. The molecular weight excluding hydrogens is 803 g/mol. The molecule has 2 heteroatoms. The van der Waals surface area contributed by atoms with Crippen LogP contribution >= 0.6 is 11.3 Å². The van der Waals surface area contributed by atoms with Gasteiger partial charge >= 0.3 is 0 Å². The van der Waals surface area contributed by atoms with Gasteiger partial charge in [-0.2, -0.15) is 0 Å². The minimum Gasteiger partial charge on any atom is -0.310 e. The number of rotatable bonds is 7. The first-order valence-corrected chi connectivity index (χ1v) is 23.4. The molecule has 11 aromatic rings. The van der Waals surface area contributed by atoms with Gasteiger partial charge in [-0.3, -0.25) is 0 Å². The molecule has 10 aromatic carbocycles. The van der Waals surface area contributed by atoms with Crippen molar-refractivity contribution in [2.45, 2.75) is 17.8 Å². The van der Waals surface area contributed by atoms with Crippen LogP contribution in [-0.2, 0) is 10.8 Å². The molecule has 0 spiro atoms. The summed E-state index contributed by atoms with van der Waals surface area (Å²) in [5, 5.41) is 2.62.